The van der Waals surface area contributed by atoms with Crippen molar-refractivity contribution < 1.29 is 0 Å². The maximum atomic E-state index is 4.96. The fraction of sp³-hybridized carbons (Fsp3) is 0.154. The van der Waals surface area contributed by atoms with Crippen molar-refractivity contribution in [3.05, 3.63) is 142 Å². The number of thioether (sulfide) groups is 1. The highest BCUT2D eigenvalue weighted by Crippen LogP contribution is 2.48. The van der Waals surface area contributed by atoms with E-state index >= 15 is 0 Å². The second-order valence-corrected chi connectivity index (χ2v) is 13.8. The molecule has 1 unspecified atom stereocenters. The number of rotatable bonds is 4. The van der Waals surface area contributed by atoms with E-state index in [1.54, 1.807) is 11.3 Å². The molecule has 2 heterocycles. The van der Waals surface area contributed by atoms with Crippen LogP contribution in [0.1, 0.15) is 30.7 Å². The second kappa shape index (κ2) is 11.2. The summed E-state index contributed by atoms with van der Waals surface area (Å²) in [6.07, 6.45) is 14.4. The molecule has 43 heavy (non-hydrogen) atoms. The minimum atomic E-state index is 0.669. The highest BCUT2D eigenvalue weighted by Gasteiger charge is 2.26. The molecule has 1 atom stereocenters. The third-order valence-electron chi connectivity index (χ3n) is 8.84. The molecule has 2 aliphatic carbocycles. The Morgan fingerprint density at radius 3 is 2.26 bits per heavy atom. The Morgan fingerprint density at radius 1 is 0.744 bits per heavy atom. The molecule has 0 bridgehead atoms. The molecule has 210 valence electrons. The molecular formula is C39H32N2S2. The van der Waals surface area contributed by atoms with Gasteiger partial charge in [-0.15, -0.1) is 11.3 Å². The fourth-order valence-corrected chi connectivity index (χ4v) is 8.63. The van der Waals surface area contributed by atoms with Crippen LogP contribution in [0.15, 0.2) is 142 Å². The van der Waals surface area contributed by atoms with Crippen LogP contribution in [0.5, 0.6) is 0 Å². The average Bonchev–Trinajstić information content (AvgIpc) is 3.60. The zero-order valence-corrected chi connectivity index (χ0v) is 25.8. The zero-order chi connectivity index (χ0) is 28.8. The molecule has 1 aliphatic heterocycles. The van der Waals surface area contributed by atoms with Gasteiger partial charge in [0.25, 0.3) is 0 Å². The zero-order valence-electron chi connectivity index (χ0n) is 24.2. The van der Waals surface area contributed by atoms with E-state index in [9.17, 15) is 0 Å². The van der Waals surface area contributed by atoms with Crippen molar-refractivity contribution in [2.24, 2.45) is 5.92 Å². The lowest BCUT2D eigenvalue weighted by Gasteiger charge is -2.28. The van der Waals surface area contributed by atoms with Gasteiger partial charge in [0.2, 0.25) is 0 Å². The van der Waals surface area contributed by atoms with Gasteiger partial charge >= 0.3 is 0 Å². The van der Waals surface area contributed by atoms with Gasteiger partial charge in [0, 0.05) is 11.9 Å². The number of hydrogen-bond donors (Lipinski definition) is 0. The van der Waals surface area contributed by atoms with Gasteiger partial charge in [-0.05, 0) is 107 Å². The van der Waals surface area contributed by atoms with E-state index in [2.05, 4.69) is 133 Å². The van der Waals surface area contributed by atoms with Crippen molar-refractivity contribution >= 4 is 45.1 Å². The molecule has 5 aromatic rings. The number of fused-ring (bicyclic) bond motifs is 3. The first kappa shape index (κ1) is 26.5. The third kappa shape index (κ3) is 5.30. The average molecular weight is 593 g/mol. The Bertz CT molecular complexity index is 1960. The number of thiazole rings is 1. The van der Waals surface area contributed by atoms with Crippen LogP contribution in [0.4, 0.5) is 5.69 Å². The molecule has 2 nitrogen and oxygen atoms in total. The molecule has 0 spiro atoms. The van der Waals surface area contributed by atoms with Crippen LogP contribution in [0.25, 0.3) is 38.5 Å². The standard InChI is InChI=1S/C39H32N2S2/c1-41-35-19-17-32(29-10-6-3-7-11-29)25-37(35)43-39(41)23-27-13-15-30-14-12-26(20-33(30)21-27)22-38-40-34-18-16-31(24-36(34)42-38)28-8-4-2-5-9-28/h2-11,16-25,30H,12-15H2,1H3/b26-22+,39-23-. The third-order valence-corrected chi connectivity index (χ3v) is 11.0. The molecule has 4 heteroatoms. The summed E-state index contributed by atoms with van der Waals surface area (Å²) in [4.78, 5) is 8.64. The van der Waals surface area contributed by atoms with Gasteiger partial charge in [-0.3, -0.25) is 0 Å². The molecule has 3 aliphatic rings. The summed E-state index contributed by atoms with van der Waals surface area (Å²) in [7, 11) is 2.20. The summed E-state index contributed by atoms with van der Waals surface area (Å²) >= 11 is 3.68. The van der Waals surface area contributed by atoms with Crippen molar-refractivity contribution in [1.29, 1.82) is 0 Å². The first-order valence-corrected chi connectivity index (χ1v) is 16.7. The van der Waals surface area contributed by atoms with Gasteiger partial charge in [0.15, 0.2) is 0 Å². The lowest BCUT2D eigenvalue weighted by atomic mass is 9.77. The van der Waals surface area contributed by atoms with Crippen molar-refractivity contribution in [2.75, 3.05) is 11.9 Å². The molecule has 0 amide bonds. The van der Waals surface area contributed by atoms with Crippen molar-refractivity contribution in [3.63, 3.8) is 0 Å². The molecule has 4 aromatic carbocycles. The maximum absolute atomic E-state index is 4.96. The monoisotopic (exact) mass is 592 g/mol. The highest BCUT2D eigenvalue weighted by molar-refractivity contribution is 8.03. The van der Waals surface area contributed by atoms with Crippen LogP contribution < -0.4 is 4.90 Å². The van der Waals surface area contributed by atoms with Crippen LogP contribution in [-0.2, 0) is 0 Å². The molecule has 0 saturated carbocycles. The van der Waals surface area contributed by atoms with E-state index in [1.165, 1.54) is 72.1 Å². The van der Waals surface area contributed by atoms with E-state index < -0.39 is 0 Å². The van der Waals surface area contributed by atoms with Crippen molar-refractivity contribution in [1.82, 2.24) is 4.98 Å². The van der Waals surface area contributed by atoms with E-state index in [4.69, 9.17) is 4.98 Å². The minimum absolute atomic E-state index is 0.669. The molecule has 0 radical (unpaired) electrons. The highest BCUT2D eigenvalue weighted by atomic mass is 32.2. The van der Waals surface area contributed by atoms with Gasteiger partial charge in [-0.25, -0.2) is 4.98 Å². The van der Waals surface area contributed by atoms with Crippen molar-refractivity contribution in [2.45, 2.75) is 30.6 Å². The summed E-state index contributed by atoms with van der Waals surface area (Å²) in [6, 6.07) is 34.7. The first-order valence-electron chi connectivity index (χ1n) is 15.1. The largest absolute Gasteiger partial charge is 0.338 e. The van der Waals surface area contributed by atoms with Gasteiger partial charge in [0.05, 0.1) is 20.9 Å². The smallest absolute Gasteiger partial charge is 0.117 e. The number of anilines is 1. The molecule has 0 fully saturated rings. The predicted octanol–water partition coefficient (Wildman–Crippen LogP) is 11.2. The Kier molecular flexibility index (Phi) is 6.89. The summed E-state index contributed by atoms with van der Waals surface area (Å²) < 4.78 is 1.25. The first-order chi connectivity index (χ1) is 21.2. The van der Waals surface area contributed by atoms with Gasteiger partial charge < -0.3 is 4.90 Å². The van der Waals surface area contributed by atoms with Gasteiger partial charge in [-0.2, -0.15) is 0 Å². The number of allylic oxidation sites excluding steroid dienone is 6. The van der Waals surface area contributed by atoms with Crippen LogP contribution >= 0.6 is 23.1 Å². The Labute approximate surface area is 261 Å². The summed E-state index contributed by atoms with van der Waals surface area (Å²) in [5.41, 5.74) is 11.7. The lowest BCUT2D eigenvalue weighted by molar-refractivity contribution is 0.503. The molecule has 8 rings (SSSR count). The minimum Gasteiger partial charge on any atom is -0.338 e. The summed E-state index contributed by atoms with van der Waals surface area (Å²) in [5.74, 6) is 0.669. The molecule has 1 aromatic heterocycles. The van der Waals surface area contributed by atoms with Gasteiger partial charge in [-0.1, -0.05) is 96.7 Å². The number of nitrogens with zero attached hydrogens (tertiary/aromatic N) is 2. The van der Waals surface area contributed by atoms with E-state index in [-0.39, 0.29) is 0 Å². The SMILES string of the molecule is CN1/C(=C/C2=CC3=C/C(=C/c4nc5ccc(-c6ccccc6)cc5s4)CCC3CC2)Sc2cc(-c3ccccc3)ccc21. The Hall–Kier alpha value is -4.12. The van der Waals surface area contributed by atoms with E-state index in [0.29, 0.717) is 5.92 Å². The van der Waals surface area contributed by atoms with Gasteiger partial charge in [0.1, 0.15) is 5.01 Å². The normalized spacial score (nSPS) is 19.8. The lowest BCUT2D eigenvalue weighted by Crippen LogP contribution is -2.14. The molecule has 0 saturated heterocycles. The van der Waals surface area contributed by atoms with Crippen molar-refractivity contribution in [3.8, 4) is 22.3 Å². The molecular weight excluding hydrogens is 561 g/mol. The Balaban J connectivity index is 1.04. The van der Waals surface area contributed by atoms with Crippen LogP contribution in [0, 0.1) is 5.92 Å². The summed E-state index contributed by atoms with van der Waals surface area (Å²) in [5, 5.41) is 2.41. The van der Waals surface area contributed by atoms with E-state index in [0.717, 1.165) is 23.4 Å². The maximum Gasteiger partial charge on any atom is 0.117 e. The second-order valence-electron chi connectivity index (χ2n) is 11.6. The number of hydrogen-bond acceptors (Lipinski definition) is 4. The fourth-order valence-electron chi connectivity index (χ4n) is 6.48. The number of aromatic nitrogens is 1. The topological polar surface area (TPSA) is 16.1 Å². The van der Waals surface area contributed by atoms with E-state index in [1.807, 2.05) is 11.8 Å². The van der Waals surface area contributed by atoms with Crippen LogP contribution in [-0.4, -0.2) is 12.0 Å². The quantitative estimate of drug-likeness (QED) is 0.206. The Morgan fingerprint density at radius 2 is 1.47 bits per heavy atom. The summed E-state index contributed by atoms with van der Waals surface area (Å²) in [6.45, 7) is 0. The van der Waals surface area contributed by atoms with Crippen LogP contribution in [0.3, 0.4) is 0 Å². The number of benzene rings is 4. The van der Waals surface area contributed by atoms with Crippen LogP contribution in [0.2, 0.25) is 0 Å². The molecule has 0 N–H and O–H groups in total. The predicted molar refractivity (Wildman–Crippen MR) is 185 cm³/mol.